The van der Waals surface area contributed by atoms with Crippen molar-refractivity contribution >= 4 is 33.0 Å². The summed E-state index contributed by atoms with van der Waals surface area (Å²) in [5.74, 6) is 0. The summed E-state index contributed by atoms with van der Waals surface area (Å²) in [6.07, 6.45) is 0. The zero-order valence-electron chi connectivity index (χ0n) is 11.8. The summed E-state index contributed by atoms with van der Waals surface area (Å²) in [5.41, 5.74) is 2.74. The van der Waals surface area contributed by atoms with E-state index in [0.717, 1.165) is 21.5 Å². The Bertz CT molecular complexity index is 701. The number of para-hydroxylation sites is 2. The van der Waals surface area contributed by atoms with Gasteiger partial charge in [0.2, 0.25) is 0 Å². The zero-order chi connectivity index (χ0) is 15.2. The number of benzene rings is 3. The molecule has 108 valence electrons. The van der Waals surface area contributed by atoms with Gasteiger partial charge in [0, 0.05) is 4.47 Å². The third-order valence-corrected chi connectivity index (χ3v) is 3.61. The van der Waals surface area contributed by atoms with E-state index in [4.69, 9.17) is 0 Å². The molecule has 3 aromatic rings. The smallest absolute Gasteiger partial charge is 0.0875 e. The monoisotopic (exact) mass is 351 g/mol. The fourth-order valence-electron chi connectivity index (χ4n) is 1.99. The molecule has 3 aromatic carbocycles. The maximum atomic E-state index is 4.41. The average Bonchev–Trinajstić information content (AvgIpc) is 2.59. The number of halogens is 1. The predicted octanol–water partition coefficient (Wildman–Crippen LogP) is 6.29. The van der Waals surface area contributed by atoms with Crippen LogP contribution >= 0.6 is 15.9 Å². The van der Waals surface area contributed by atoms with Crippen LogP contribution < -0.4 is 5.01 Å². The zero-order valence-corrected chi connectivity index (χ0v) is 13.4. The van der Waals surface area contributed by atoms with E-state index in [1.807, 2.05) is 89.9 Å². The molecule has 0 aliphatic rings. The molecule has 0 radical (unpaired) electrons. The molecule has 0 bridgehead atoms. The topological polar surface area (TPSA) is 28.0 Å². The standard InChI is InChI=1S/C18H14BrN3/c19-15-11-13-16(14-12-15)20-21-22(17-7-3-1-4-8-17)18-9-5-2-6-10-18/h1-14H. The van der Waals surface area contributed by atoms with Gasteiger partial charge in [0.05, 0.1) is 17.1 Å². The summed E-state index contributed by atoms with van der Waals surface area (Å²) in [5, 5.41) is 10.6. The summed E-state index contributed by atoms with van der Waals surface area (Å²) in [6.45, 7) is 0. The fraction of sp³-hybridized carbons (Fsp3) is 0. The maximum absolute atomic E-state index is 4.41. The van der Waals surface area contributed by atoms with Crippen molar-refractivity contribution in [2.75, 3.05) is 5.01 Å². The molecular formula is C18H14BrN3. The molecule has 22 heavy (non-hydrogen) atoms. The van der Waals surface area contributed by atoms with Crippen molar-refractivity contribution in [3.63, 3.8) is 0 Å². The first-order valence-electron chi connectivity index (χ1n) is 6.90. The Hall–Kier alpha value is -2.46. The van der Waals surface area contributed by atoms with E-state index >= 15 is 0 Å². The van der Waals surface area contributed by atoms with Gasteiger partial charge >= 0.3 is 0 Å². The molecule has 3 nitrogen and oxygen atoms in total. The lowest BCUT2D eigenvalue weighted by molar-refractivity contribution is 0.973. The second-order valence-electron chi connectivity index (χ2n) is 4.65. The van der Waals surface area contributed by atoms with Crippen molar-refractivity contribution in [2.24, 2.45) is 10.3 Å². The van der Waals surface area contributed by atoms with E-state index in [0.29, 0.717) is 0 Å². The summed E-state index contributed by atoms with van der Waals surface area (Å²) >= 11 is 3.42. The highest BCUT2D eigenvalue weighted by Gasteiger charge is 2.07. The van der Waals surface area contributed by atoms with E-state index in [1.165, 1.54) is 0 Å². The van der Waals surface area contributed by atoms with E-state index in [9.17, 15) is 0 Å². The molecule has 0 aliphatic carbocycles. The van der Waals surface area contributed by atoms with Crippen molar-refractivity contribution in [1.29, 1.82) is 0 Å². The summed E-state index contributed by atoms with van der Waals surface area (Å²) < 4.78 is 1.02. The quantitative estimate of drug-likeness (QED) is 0.401. The van der Waals surface area contributed by atoms with Crippen LogP contribution in [0.5, 0.6) is 0 Å². The van der Waals surface area contributed by atoms with Gasteiger partial charge in [0.25, 0.3) is 0 Å². The summed E-state index contributed by atoms with van der Waals surface area (Å²) in [7, 11) is 0. The molecule has 0 saturated carbocycles. The van der Waals surface area contributed by atoms with Crippen molar-refractivity contribution in [3.8, 4) is 0 Å². The molecule has 0 spiro atoms. The molecule has 0 aliphatic heterocycles. The molecule has 0 atom stereocenters. The summed E-state index contributed by atoms with van der Waals surface area (Å²) in [4.78, 5) is 0. The van der Waals surface area contributed by atoms with Crippen LogP contribution in [0.1, 0.15) is 0 Å². The lowest BCUT2D eigenvalue weighted by Crippen LogP contribution is -2.07. The first kappa shape index (κ1) is 14.5. The van der Waals surface area contributed by atoms with E-state index in [-0.39, 0.29) is 0 Å². The molecule has 0 N–H and O–H groups in total. The molecular weight excluding hydrogens is 338 g/mol. The van der Waals surface area contributed by atoms with E-state index in [1.54, 1.807) is 0 Å². The Morgan fingerprint density at radius 3 is 1.64 bits per heavy atom. The van der Waals surface area contributed by atoms with Crippen LogP contribution in [0.4, 0.5) is 17.1 Å². The van der Waals surface area contributed by atoms with Gasteiger partial charge in [-0.15, -0.1) is 5.11 Å². The highest BCUT2D eigenvalue weighted by atomic mass is 79.9. The third kappa shape index (κ3) is 3.59. The number of hydrogen-bond acceptors (Lipinski definition) is 2. The van der Waals surface area contributed by atoms with Crippen LogP contribution in [-0.4, -0.2) is 0 Å². The lowest BCUT2D eigenvalue weighted by atomic mass is 10.2. The molecule has 0 aromatic heterocycles. The van der Waals surface area contributed by atoms with E-state index < -0.39 is 0 Å². The normalized spacial score (nSPS) is 10.8. The minimum Gasteiger partial charge on any atom is -0.215 e. The highest BCUT2D eigenvalue weighted by Crippen LogP contribution is 2.27. The highest BCUT2D eigenvalue weighted by molar-refractivity contribution is 9.10. The van der Waals surface area contributed by atoms with Gasteiger partial charge in [-0.2, -0.15) is 0 Å². The van der Waals surface area contributed by atoms with Crippen LogP contribution in [0.3, 0.4) is 0 Å². The first-order chi connectivity index (χ1) is 10.8. The molecule has 4 heteroatoms. The summed E-state index contributed by atoms with van der Waals surface area (Å²) in [6, 6.07) is 27.7. The second-order valence-corrected chi connectivity index (χ2v) is 5.56. The van der Waals surface area contributed by atoms with Gasteiger partial charge in [-0.3, -0.25) is 0 Å². The van der Waals surface area contributed by atoms with E-state index in [2.05, 4.69) is 26.3 Å². The maximum Gasteiger partial charge on any atom is 0.0875 e. The second kappa shape index (κ2) is 7.00. The minimum absolute atomic E-state index is 0.806. The SMILES string of the molecule is Brc1ccc(N=NN(c2ccccc2)c2ccccc2)cc1. The molecule has 0 unspecified atom stereocenters. The van der Waals surface area contributed by atoms with Crippen LogP contribution in [-0.2, 0) is 0 Å². The van der Waals surface area contributed by atoms with Crippen LogP contribution in [0.25, 0.3) is 0 Å². The Morgan fingerprint density at radius 1 is 0.636 bits per heavy atom. The van der Waals surface area contributed by atoms with Gasteiger partial charge in [-0.1, -0.05) is 57.6 Å². The number of hydrogen-bond donors (Lipinski definition) is 0. The van der Waals surface area contributed by atoms with Gasteiger partial charge < -0.3 is 0 Å². The molecule has 3 rings (SSSR count). The van der Waals surface area contributed by atoms with Gasteiger partial charge in [0.1, 0.15) is 0 Å². The average molecular weight is 352 g/mol. The number of nitrogens with zero attached hydrogens (tertiary/aromatic N) is 3. The van der Waals surface area contributed by atoms with Crippen molar-refractivity contribution in [2.45, 2.75) is 0 Å². The Labute approximate surface area is 138 Å². The largest absolute Gasteiger partial charge is 0.215 e. The Morgan fingerprint density at radius 2 is 1.14 bits per heavy atom. The van der Waals surface area contributed by atoms with Gasteiger partial charge in [-0.25, -0.2) is 5.01 Å². The predicted molar refractivity (Wildman–Crippen MR) is 93.7 cm³/mol. The number of rotatable bonds is 4. The van der Waals surface area contributed by atoms with Crippen molar-refractivity contribution in [1.82, 2.24) is 0 Å². The Balaban J connectivity index is 1.94. The van der Waals surface area contributed by atoms with Crippen LogP contribution in [0.2, 0.25) is 0 Å². The molecule has 0 heterocycles. The fourth-order valence-corrected chi connectivity index (χ4v) is 2.26. The lowest BCUT2D eigenvalue weighted by Gasteiger charge is -2.17. The van der Waals surface area contributed by atoms with Crippen LogP contribution in [0.15, 0.2) is 99.7 Å². The number of anilines is 2. The van der Waals surface area contributed by atoms with Crippen LogP contribution in [0, 0.1) is 0 Å². The van der Waals surface area contributed by atoms with Gasteiger partial charge in [-0.05, 0) is 48.5 Å². The molecule has 0 amide bonds. The van der Waals surface area contributed by atoms with Gasteiger partial charge in [0.15, 0.2) is 0 Å². The third-order valence-electron chi connectivity index (χ3n) is 3.08. The molecule has 0 fully saturated rings. The van der Waals surface area contributed by atoms with Crippen molar-refractivity contribution < 1.29 is 0 Å². The Kier molecular flexibility index (Phi) is 4.61. The minimum atomic E-state index is 0.806. The van der Waals surface area contributed by atoms with Crippen molar-refractivity contribution in [3.05, 3.63) is 89.4 Å². The molecule has 0 saturated heterocycles. The first-order valence-corrected chi connectivity index (χ1v) is 7.70.